The Morgan fingerprint density at radius 2 is 1.71 bits per heavy atom. The second-order valence-electron chi connectivity index (χ2n) is 6.04. The number of benzene rings is 1. The van der Waals surface area contributed by atoms with Crippen LogP contribution < -0.4 is 5.32 Å². The van der Waals surface area contributed by atoms with Gasteiger partial charge in [-0.1, -0.05) is 39.8 Å². The third-order valence-electron chi connectivity index (χ3n) is 4.62. The lowest BCUT2D eigenvalue weighted by molar-refractivity contribution is 0.396. The largest absolute Gasteiger partial charge is 0.504 e. The molecule has 1 aliphatic carbocycles. The van der Waals surface area contributed by atoms with Crippen molar-refractivity contribution in [2.24, 2.45) is 10.8 Å². The first-order valence-electron chi connectivity index (χ1n) is 6.01. The van der Waals surface area contributed by atoms with Crippen LogP contribution in [-0.2, 0) is 6.54 Å². The SMILES string of the molecule is CC1(C)C(NCc2cccc(O)c2O)C1(C)C. The molecule has 3 nitrogen and oxygen atoms in total. The van der Waals surface area contributed by atoms with E-state index in [1.807, 2.05) is 6.07 Å². The Hall–Kier alpha value is -1.22. The zero-order chi connectivity index (χ0) is 12.8. The Morgan fingerprint density at radius 1 is 1.12 bits per heavy atom. The molecule has 0 bridgehead atoms. The molecule has 1 aromatic carbocycles. The van der Waals surface area contributed by atoms with E-state index >= 15 is 0 Å². The van der Waals surface area contributed by atoms with E-state index in [1.54, 1.807) is 6.07 Å². The highest BCUT2D eigenvalue weighted by Gasteiger charge is 2.64. The maximum Gasteiger partial charge on any atom is 0.161 e. The predicted molar refractivity (Wildman–Crippen MR) is 68.0 cm³/mol. The molecule has 0 amide bonds. The number of hydrogen-bond donors (Lipinski definition) is 3. The van der Waals surface area contributed by atoms with Gasteiger partial charge in [-0.25, -0.2) is 0 Å². The first-order chi connectivity index (χ1) is 7.78. The van der Waals surface area contributed by atoms with Gasteiger partial charge in [0, 0.05) is 18.2 Å². The van der Waals surface area contributed by atoms with Crippen LogP contribution in [0.3, 0.4) is 0 Å². The number of phenols is 2. The summed E-state index contributed by atoms with van der Waals surface area (Å²) >= 11 is 0. The molecular formula is C14H21NO2. The molecule has 2 rings (SSSR count). The lowest BCUT2D eigenvalue weighted by Gasteiger charge is -2.09. The molecule has 1 fully saturated rings. The van der Waals surface area contributed by atoms with Crippen LogP contribution in [0.1, 0.15) is 33.3 Å². The maximum absolute atomic E-state index is 9.70. The standard InChI is InChI=1S/C14H21NO2/c1-13(2)12(14(13,3)4)15-8-9-6-5-7-10(16)11(9)17/h5-7,12,15-17H,8H2,1-4H3. The fraction of sp³-hybridized carbons (Fsp3) is 0.571. The fourth-order valence-electron chi connectivity index (χ4n) is 2.64. The fourth-order valence-corrected chi connectivity index (χ4v) is 2.64. The monoisotopic (exact) mass is 235 g/mol. The maximum atomic E-state index is 9.70. The van der Waals surface area contributed by atoms with E-state index in [2.05, 4.69) is 33.0 Å². The van der Waals surface area contributed by atoms with Crippen molar-refractivity contribution >= 4 is 0 Å². The van der Waals surface area contributed by atoms with Crippen LogP contribution in [-0.4, -0.2) is 16.3 Å². The Morgan fingerprint density at radius 3 is 2.24 bits per heavy atom. The second-order valence-corrected chi connectivity index (χ2v) is 6.04. The van der Waals surface area contributed by atoms with Crippen LogP contribution in [0, 0.1) is 10.8 Å². The predicted octanol–water partition coefficient (Wildman–Crippen LogP) is 2.62. The summed E-state index contributed by atoms with van der Waals surface area (Å²) in [6.45, 7) is 9.55. The second kappa shape index (κ2) is 3.64. The van der Waals surface area contributed by atoms with Crippen molar-refractivity contribution in [1.82, 2.24) is 5.32 Å². The Labute approximate surface area is 102 Å². The van der Waals surface area contributed by atoms with Crippen LogP contribution in [0.4, 0.5) is 0 Å². The molecule has 0 aromatic heterocycles. The van der Waals surface area contributed by atoms with E-state index < -0.39 is 0 Å². The molecule has 0 radical (unpaired) electrons. The van der Waals surface area contributed by atoms with Crippen molar-refractivity contribution in [2.75, 3.05) is 0 Å². The van der Waals surface area contributed by atoms with Gasteiger partial charge in [0.25, 0.3) is 0 Å². The van der Waals surface area contributed by atoms with Crippen LogP contribution >= 0.6 is 0 Å². The van der Waals surface area contributed by atoms with Gasteiger partial charge in [0.05, 0.1) is 0 Å². The van der Waals surface area contributed by atoms with E-state index in [4.69, 9.17) is 0 Å². The molecule has 0 atom stereocenters. The number of rotatable bonds is 3. The van der Waals surface area contributed by atoms with Gasteiger partial charge in [-0.2, -0.15) is 0 Å². The number of phenolic OH excluding ortho intramolecular Hbond substituents is 2. The van der Waals surface area contributed by atoms with Gasteiger partial charge >= 0.3 is 0 Å². The molecule has 94 valence electrons. The molecule has 1 aliphatic rings. The van der Waals surface area contributed by atoms with Gasteiger partial charge in [-0.3, -0.25) is 0 Å². The average molecular weight is 235 g/mol. The Bertz CT molecular complexity index is 424. The Kier molecular flexibility index (Phi) is 2.62. The number of para-hydroxylation sites is 1. The van der Waals surface area contributed by atoms with Gasteiger partial charge in [-0.05, 0) is 16.9 Å². The topological polar surface area (TPSA) is 52.5 Å². The smallest absolute Gasteiger partial charge is 0.161 e. The van der Waals surface area contributed by atoms with Crippen LogP contribution in [0.5, 0.6) is 11.5 Å². The van der Waals surface area contributed by atoms with E-state index in [9.17, 15) is 10.2 Å². The normalized spacial score (nSPS) is 21.4. The summed E-state index contributed by atoms with van der Waals surface area (Å²) in [5.41, 5.74) is 1.29. The van der Waals surface area contributed by atoms with E-state index in [0.29, 0.717) is 12.6 Å². The van der Waals surface area contributed by atoms with E-state index in [1.165, 1.54) is 6.07 Å². The third-order valence-corrected chi connectivity index (χ3v) is 4.62. The molecule has 1 aromatic rings. The summed E-state index contributed by atoms with van der Waals surface area (Å²) < 4.78 is 0. The van der Waals surface area contributed by atoms with Crippen molar-refractivity contribution in [2.45, 2.75) is 40.3 Å². The number of aromatic hydroxyl groups is 2. The van der Waals surface area contributed by atoms with Gasteiger partial charge in [0.15, 0.2) is 11.5 Å². The molecule has 3 heteroatoms. The quantitative estimate of drug-likeness (QED) is 0.706. The van der Waals surface area contributed by atoms with Gasteiger partial charge in [0.2, 0.25) is 0 Å². The molecule has 0 spiro atoms. The van der Waals surface area contributed by atoms with Crippen LogP contribution in [0.2, 0.25) is 0 Å². The zero-order valence-corrected chi connectivity index (χ0v) is 10.9. The van der Waals surface area contributed by atoms with Crippen molar-refractivity contribution in [3.8, 4) is 11.5 Å². The summed E-state index contributed by atoms with van der Waals surface area (Å²) in [6.07, 6.45) is 0. The van der Waals surface area contributed by atoms with E-state index in [-0.39, 0.29) is 22.3 Å². The Balaban J connectivity index is 2.03. The molecule has 1 saturated carbocycles. The van der Waals surface area contributed by atoms with Crippen LogP contribution in [0.15, 0.2) is 18.2 Å². The summed E-state index contributed by atoms with van der Waals surface area (Å²) in [5, 5.41) is 22.6. The van der Waals surface area contributed by atoms with Crippen molar-refractivity contribution < 1.29 is 10.2 Å². The molecule has 17 heavy (non-hydrogen) atoms. The first kappa shape index (κ1) is 12.2. The summed E-state index contributed by atoms with van der Waals surface area (Å²) in [6, 6.07) is 5.50. The van der Waals surface area contributed by atoms with Crippen molar-refractivity contribution in [3.05, 3.63) is 23.8 Å². The lowest BCUT2D eigenvalue weighted by atomic mass is 10.0. The molecule has 3 N–H and O–H groups in total. The van der Waals surface area contributed by atoms with Crippen LogP contribution in [0.25, 0.3) is 0 Å². The summed E-state index contributed by atoms with van der Waals surface area (Å²) in [7, 11) is 0. The summed E-state index contributed by atoms with van der Waals surface area (Å²) in [5.74, 6) is -0.0742. The zero-order valence-electron chi connectivity index (χ0n) is 10.9. The highest BCUT2D eigenvalue weighted by Crippen LogP contribution is 2.62. The summed E-state index contributed by atoms with van der Waals surface area (Å²) in [4.78, 5) is 0. The highest BCUT2D eigenvalue weighted by molar-refractivity contribution is 5.44. The minimum absolute atomic E-state index is 0.0173. The van der Waals surface area contributed by atoms with Crippen molar-refractivity contribution in [1.29, 1.82) is 0 Å². The number of nitrogens with one attached hydrogen (secondary N) is 1. The number of hydrogen-bond acceptors (Lipinski definition) is 3. The highest BCUT2D eigenvalue weighted by atomic mass is 16.3. The molecule has 0 aliphatic heterocycles. The average Bonchev–Trinajstić information content (AvgIpc) is 2.61. The molecule has 0 unspecified atom stereocenters. The minimum Gasteiger partial charge on any atom is -0.504 e. The third kappa shape index (κ3) is 1.78. The minimum atomic E-state index is -0.0568. The molecular weight excluding hydrogens is 214 g/mol. The lowest BCUT2D eigenvalue weighted by Crippen LogP contribution is -2.21. The van der Waals surface area contributed by atoms with Gasteiger partial charge in [0.1, 0.15) is 0 Å². The van der Waals surface area contributed by atoms with E-state index in [0.717, 1.165) is 5.56 Å². The molecule has 0 heterocycles. The molecule has 0 saturated heterocycles. The van der Waals surface area contributed by atoms with Gasteiger partial charge < -0.3 is 15.5 Å². The van der Waals surface area contributed by atoms with Crippen molar-refractivity contribution in [3.63, 3.8) is 0 Å². The first-order valence-corrected chi connectivity index (χ1v) is 6.01. The van der Waals surface area contributed by atoms with Gasteiger partial charge in [-0.15, -0.1) is 0 Å².